The van der Waals surface area contributed by atoms with Crippen LogP contribution >= 0.6 is 0 Å². The molecule has 1 amide bonds. The Labute approximate surface area is 124 Å². The normalized spacial score (nSPS) is 26.8. The molecule has 0 spiro atoms. The maximum atomic E-state index is 12.8. The Morgan fingerprint density at radius 3 is 2.50 bits per heavy atom. The largest absolute Gasteiger partial charge is 0.383 e. The van der Waals surface area contributed by atoms with Crippen molar-refractivity contribution in [2.75, 3.05) is 20.3 Å². The zero-order chi connectivity index (χ0) is 15.1. The van der Waals surface area contributed by atoms with Gasteiger partial charge in [0.05, 0.1) is 6.61 Å². The number of methoxy groups -OCH3 is 1. The SMILES string of the molecule is CCC(CC)N(CCOC)C(=O)C1CCC(N)C(C)C1. The maximum absolute atomic E-state index is 12.8. The molecule has 4 heteroatoms. The first-order valence-electron chi connectivity index (χ1n) is 8.10. The molecule has 4 nitrogen and oxygen atoms in total. The van der Waals surface area contributed by atoms with Crippen LogP contribution in [0.15, 0.2) is 0 Å². The van der Waals surface area contributed by atoms with Gasteiger partial charge < -0.3 is 15.4 Å². The highest BCUT2D eigenvalue weighted by Crippen LogP contribution is 2.30. The minimum Gasteiger partial charge on any atom is -0.383 e. The Morgan fingerprint density at radius 2 is 2.00 bits per heavy atom. The summed E-state index contributed by atoms with van der Waals surface area (Å²) in [4.78, 5) is 14.9. The summed E-state index contributed by atoms with van der Waals surface area (Å²) in [6.07, 6.45) is 4.86. The molecule has 0 aromatic carbocycles. The van der Waals surface area contributed by atoms with Crippen molar-refractivity contribution in [2.45, 2.75) is 65.0 Å². The van der Waals surface area contributed by atoms with Crippen molar-refractivity contribution in [2.24, 2.45) is 17.6 Å². The number of ether oxygens (including phenoxy) is 1. The molecular weight excluding hydrogens is 252 g/mol. The summed E-state index contributed by atoms with van der Waals surface area (Å²) in [6.45, 7) is 7.80. The molecule has 0 radical (unpaired) electrons. The van der Waals surface area contributed by atoms with Crippen LogP contribution in [0, 0.1) is 11.8 Å². The van der Waals surface area contributed by atoms with E-state index in [4.69, 9.17) is 10.5 Å². The van der Waals surface area contributed by atoms with Gasteiger partial charge in [-0.05, 0) is 38.0 Å². The molecule has 0 aliphatic heterocycles. The van der Waals surface area contributed by atoms with E-state index in [9.17, 15) is 4.79 Å². The van der Waals surface area contributed by atoms with E-state index in [1.807, 2.05) is 0 Å². The van der Waals surface area contributed by atoms with Crippen LogP contribution in [0.3, 0.4) is 0 Å². The Bertz CT molecular complexity index is 292. The lowest BCUT2D eigenvalue weighted by Crippen LogP contribution is -2.47. The first-order chi connectivity index (χ1) is 9.54. The van der Waals surface area contributed by atoms with Crippen LogP contribution < -0.4 is 5.73 Å². The fraction of sp³-hybridized carbons (Fsp3) is 0.938. The number of nitrogens with zero attached hydrogens (tertiary/aromatic N) is 1. The van der Waals surface area contributed by atoms with Crippen molar-refractivity contribution < 1.29 is 9.53 Å². The molecule has 0 saturated heterocycles. The fourth-order valence-electron chi connectivity index (χ4n) is 3.27. The lowest BCUT2D eigenvalue weighted by atomic mass is 9.78. The molecule has 1 fully saturated rings. The zero-order valence-electron chi connectivity index (χ0n) is 13.6. The smallest absolute Gasteiger partial charge is 0.226 e. The Balaban J connectivity index is 2.71. The van der Waals surface area contributed by atoms with Gasteiger partial charge in [0, 0.05) is 31.7 Å². The van der Waals surface area contributed by atoms with Crippen molar-refractivity contribution in [1.82, 2.24) is 4.90 Å². The van der Waals surface area contributed by atoms with E-state index in [1.54, 1.807) is 7.11 Å². The predicted octanol–water partition coefficient (Wildman–Crippen LogP) is 2.41. The molecule has 3 unspecified atom stereocenters. The zero-order valence-corrected chi connectivity index (χ0v) is 13.6. The number of amides is 1. The average molecular weight is 284 g/mol. The standard InChI is InChI=1S/C16H32N2O2/c1-5-14(6-2)18(9-10-20-4)16(19)13-7-8-15(17)12(3)11-13/h12-15H,5-11,17H2,1-4H3. The second kappa shape index (κ2) is 8.63. The average Bonchev–Trinajstić information content (AvgIpc) is 2.45. The molecule has 0 aromatic rings. The molecule has 0 aromatic heterocycles. The summed E-state index contributed by atoms with van der Waals surface area (Å²) in [7, 11) is 1.69. The van der Waals surface area contributed by atoms with Gasteiger partial charge in [-0.3, -0.25) is 4.79 Å². The van der Waals surface area contributed by atoms with Crippen LogP contribution in [0.25, 0.3) is 0 Å². The lowest BCUT2D eigenvalue weighted by Gasteiger charge is -2.37. The first kappa shape index (κ1) is 17.4. The highest BCUT2D eigenvalue weighted by molar-refractivity contribution is 5.79. The minimum absolute atomic E-state index is 0.155. The van der Waals surface area contributed by atoms with Crippen molar-refractivity contribution in [1.29, 1.82) is 0 Å². The third-order valence-corrected chi connectivity index (χ3v) is 4.79. The molecule has 1 aliphatic carbocycles. The van der Waals surface area contributed by atoms with Crippen LogP contribution in [0.2, 0.25) is 0 Å². The van der Waals surface area contributed by atoms with E-state index in [0.717, 1.165) is 32.1 Å². The van der Waals surface area contributed by atoms with Gasteiger partial charge in [0.25, 0.3) is 0 Å². The van der Waals surface area contributed by atoms with Gasteiger partial charge in [-0.25, -0.2) is 0 Å². The van der Waals surface area contributed by atoms with Gasteiger partial charge in [0.15, 0.2) is 0 Å². The van der Waals surface area contributed by atoms with Crippen LogP contribution in [-0.2, 0) is 9.53 Å². The van der Waals surface area contributed by atoms with E-state index in [1.165, 1.54) is 0 Å². The molecular formula is C16H32N2O2. The van der Waals surface area contributed by atoms with Gasteiger partial charge in [0.2, 0.25) is 5.91 Å². The number of nitrogens with two attached hydrogens (primary N) is 1. The van der Waals surface area contributed by atoms with Gasteiger partial charge in [-0.1, -0.05) is 20.8 Å². The van der Waals surface area contributed by atoms with E-state index < -0.39 is 0 Å². The van der Waals surface area contributed by atoms with E-state index >= 15 is 0 Å². The topological polar surface area (TPSA) is 55.6 Å². The van der Waals surface area contributed by atoms with Crippen molar-refractivity contribution in [3.8, 4) is 0 Å². The number of hydrogen-bond donors (Lipinski definition) is 1. The molecule has 2 N–H and O–H groups in total. The summed E-state index contributed by atoms with van der Waals surface area (Å²) in [5.74, 6) is 0.917. The molecule has 1 rings (SSSR count). The predicted molar refractivity (Wildman–Crippen MR) is 82.4 cm³/mol. The van der Waals surface area contributed by atoms with Gasteiger partial charge in [-0.2, -0.15) is 0 Å². The van der Waals surface area contributed by atoms with Crippen molar-refractivity contribution in [3.63, 3.8) is 0 Å². The second-order valence-electron chi connectivity index (χ2n) is 6.15. The lowest BCUT2D eigenvalue weighted by molar-refractivity contribution is -0.140. The first-order valence-corrected chi connectivity index (χ1v) is 8.10. The highest BCUT2D eigenvalue weighted by Gasteiger charge is 2.33. The number of carbonyl (C=O) groups excluding carboxylic acids is 1. The van der Waals surface area contributed by atoms with Crippen LogP contribution in [0.1, 0.15) is 52.9 Å². The molecule has 20 heavy (non-hydrogen) atoms. The molecule has 0 bridgehead atoms. The van der Waals surface area contributed by atoms with Gasteiger partial charge >= 0.3 is 0 Å². The third kappa shape index (κ3) is 4.45. The van der Waals surface area contributed by atoms with Gasteiger partial charge in [-0.15, -0.1) is 0 Å². The monoisotopic (exact) mass is 284 g/mol. The summed E-state index contributed by atoms with van der Waals surface area (Å²) < 4.78 is 5.17. The van der Waals surface area contributed by atoms with E-state index in [2.05, 4.69) is 25.7 Å². The quantitative estimate of drug-likeness (QED) is 0.781. The Kier molecular flexibility index (Phi) is 7.52. The van der Waals surface area contributed by atoms with Crippen LogP contribution in [-0.4, -0.2) is 43.2 Å². The Hall–Kier alpha value is -0.610. The molecule has 1 saturated carbocycles. The molecule has 3 atom stereocenters. The second-order valence-corrected chi connectivity index (χ2v) is 6.15. The van der Waals surface area contributed by atoms with Gasteiger partial charge in [0.1, 0.15) is 0 Å². The third-order valence-electron chi connectivity index (χ3n) is 4.79. The minimum atomic E-state index is 0.155. The number of hydrogen-bond acceptors (Lipinski definition) is 3. The molecule has 0 heterocycles. The highest BCUT2D eigenvalue weighted by atomic mass is 16.5. The van der Waals surface area contributed by atoms with E-state index in [-0.39, 0.29) is 12.0 Å². The molecule has 1 aliphatic rings. The molecule has 118 valence electrons. The summed E-state index contributed by atoms with van der Waals surface area (Å²) in [6, 6.07) is 0.600. The summed E-state index contributed by atoms with van der Waals surface area (Å²) >= 11 is 0. The number of rotatable bonds is 7. The number of carbonyl (C=O) groups is 1. The van der Waals surface area contributed by atoms with Crippen molar-refractivity contribution >= 4 is 5.91 Å². The summed E-state index contributed by atoms with van der Waals surface area (Å²) in [5.41, 5.74) is 6.06. The maximum Gasteiger partial charge on any atom is 0.226 e. The van der Waals surface area contributed by atoms with E-state index in [0.29, 0.717) is 31.0 Å². The van der Waals surface area contributed by atoms with Crippen LogP contribution in [0.5, 0.6) is 0 Å². The van der Waals surface area contributed by atoms with Crippen molar-refractivity contribution in [3.05, 3.63) is 0 Å². The van der Waals surface area contributed by atoms with Crippen LogP contribution in [0.4, 0.5) is 0 Å². The summed E-state index contributed by atoms with van der Waals surface area (Å²) in [5, 5.41) is 0. The fourth-order valence-corrected chi connectivity index (χ4v) is 3.27. The Morgan fingerprint density at radius 1 is 1.35 bits per heavy atom.